The highest BCUT2D eigenvalue weighted by atomic mass is 19.1. The summed E-state index contributed by atoms with van der Waals surface area (Å²) in [5, 5.41) is 0. The maximum atomic E-state index is 14.4. The Hall–Kier alpha value is -1.13. The highest BCUT2D eigenvalue weighted by Crippen LogP contribution is 2.31. The van der Waals surface area contributed by atoms with E-state index in [4.69, 9.17) is 10.5 Å². The highest BCUT2D eigenvalue weighted by Gasteiger charge is 2.22. The minimum atomic E-state index is -0.206. The molecule has 1 aromatic carbocycles. The molecule has 0 aliphatic heterocycles. The second-order valence-corrected chi connectivity index (χ2v) is 5.12. The summed E-state index contributed by atoms with van der Waals surface area (Å²) in [5.41, 5.74) is 7.50. The summed E-state index contributed by atoms with van der Waals surface area (Å²) in [7, 11) is 1.67. The van der Waals surface area contributed by atoms with Gasteiger partial charge in [0, 0.05) is 25.7 Å². The summed E-state index contributed by atoms with van der Waals surface area (Å²) >= 11 is 0. The van der Waals surface area contributed by atoms with Crippen LogP contribution >= 0.6 is 0 Å². The van der Waals surface area contributed by atoms with E-state index in [-0.39, 0.29) is 11.9 Å². The standard InChI is InChI=1S/C16H27FN2O/c1-5-13(6-2)19(10-11-20-4)16-14(12(3)18)8-7-9-15(16)17/h7-9,12-13H,5-6,10-11,18H2,1-4H3. The van der Waals surface area contributed by atoms with Crippen LogP contribution in [0.4, 0.5) is 10.1 Å². The molecular formula is C16H27FN2O. The largest absolute Gasteiger partial charge is 0.383 e. The van der Waals surface area contributed by atoms with Crippen LogP contribution < -0.4 is 10.6 Å². The van der Waals surface area contributed by atoms with Crippen molar-refractivity contribution in [1.29, 1.82) is 0 Å². The lowest BCUT2D eigenvalue weighted by Crippen LogP contribution is -2.38. The van der Waals surface area contributed by atoms with Crippen molar-refractivity contribution < 1.29 is 9.13 Å². The fraction of sp³-hybridized carbons (Fsp3) is 0.625. The van der Waals surface area contributed by atoms with Crippen molar-refractivity contribution >= 4 is 5.69 Å². The minimum absolute atomic E-state index is 0.194. The van der Waals surface area contributed by atoms with E-state index < -0.39 is 0 Å². The van der Waals surface area contributed by atoms with Gasteiger partial charge in [0.2, 0.25) is 0 Å². The monoisotopic (exact) mass is 282 g/mol. The van der Waals surface area contributed by atoms with Gasteiger partial charge in [-0.05, 0) is 31.4 Å². The van der Waals surface area contributed by atoms with Crippen molar-refractivity contribution in [2.24, 2.45) is 5.73 Å². The molecule has 114 valence electrons. The first-order valence-electron chi connectivity index (χ1n) is 7.36. The van der Waals surface area contributed by atoms with E-state index in [0.29, 0.717) is 24.9 Å². The van der Waals surface area contributed by atoms with Crippen LogP contribution in [0.1, 0.15) is 45.2 Å². The molecule has 2 N–H and O–H groups in total. The van der Waals surface area contributed by atoms with Crippen molar-refractivity contribution in [3.63, 3.8) is 0 Å². The van der Waals surface area contributed by atoms with Gasteiger partial charge in [0.1, 0.15) is 5.82 Å². The van der Waals surface area contributed by atoms with Crippen molar-refractivity contribution in [2.75, 3.05) is 25.2 Å². The summed E-state index contributed by atoms with van der Waals surface area (Å²) in [5.74, 6) is -0.206. The van der Waals surface area contributed by atoms with Crippen molar-refractivity contribution in [2.45, 2.75) is 45.7 Å². The van der Waals surface area contributed by atoms with Gasteiger partial charge in [0.15, 0.2) is 0 Å². The van der Waals surface area contributed by atoms with Crippen molar-refractivity contribution in [1.82, 2.24) is 0 Å². The Morgan fingerprint density at radius 2 is 1.95 bits per heavy atom. The molecule has 0 fully saturated rings. The maximum absolute atomic E-state index is 14.4. The Bertz CT molecular complexity index is 405. The summed E-state index contributed by atoms with van der Waals surface area (Å²) in [6.07, 6.45) is 1.93. The van der Waals surface area contributed by atoms with Crippen LogP contribution in [-0.4, -0.2) is 26.3 Å². The third kappa shape index (κ3) is 3.93. The molecule has 0 aliphatic carbocycles. The van der Waals surface area contributed by atoms with Gasteiger partial charge in [-0.15, -0.1) is 0 Å². The molecule has 0 aliphatic rings. The molecule has 1 aromatic rings. The summed E-state index contributed by atoms with van der Waals surface area (Å²) in [6.45, 7) is 7.38. The van der Waals surface area contributed by atoms with Gasteiger partial charge in [-0.3, -0.25) is 0 Å². The number of nitrogens with two attached hydrogens (primary N) is 1. The van der Waals surface area contributed by atoms with Crippen LogP contribution in [-0.2, 0) is 4.74 Å². The molecular weight excluding hydrogens is 255 g/mol. The van der Waals surface area contributed by atoms with Gasteiger partial charge < -0.3 is 15.4 Å². The van der Waals surface area contributed by atoms with Gasteiger partial charge in [0.05, 0.1) is 12.3 Å². The van der Waals surface area contributed by atoms with Crippen LogP contribution in [0.2, 0.25) is 0 Å². The molecule has 0 radical (unpaired) electrons. The molecule has 0 aromatic heterocycles. The quantitative estimate of drug-likeness (QED) is 0.793. The number of hydrogen-bond donors (Lipinski definition) is 1. The number of rotatable bonds is 8. The first kappa shape index (κ1) is 16.9. The lowest BCUT2D eigenvalue weighted by atomic mass is 10.0. The molecule has 1 unspecified atom stereocenters. The SMILES string of the molecule is CCC(CC)N(CCOC)c1c(F)cccc1C(C)N. The molecule has 0 saturated carbocycles. The predicted octanol–water partition coefficient (Wildman–Crippen LogP) is 3.49. The van der Waals surface area contributed by atoms with E-state index in [0.717, 1.165) is 18.4 Å². The van der Waals surface area contributed by atoms with Crippen LogP contribution in [0.15, 0.2) is 18.2 Å². The summed E-state index contributed by atoms with van der Waals surface area (Å²) in [4.78, 5) is 2.11. The van der Waals surface area contributed by atoms with Gasteiger partial charge in [0.25, 0.3) is 0 Å². The molecule has 0 saturated heterocycles. The Morgan fingerprint density at radius 3 is 2.45 bits per heavy atom. The molecule has 4 heteroatoms. The zero-order chi connectivity index (χ0) is 15.1. The molecule has 0 spiro atoms. The molecule has 1 rings (SSSR count). The van der Waals surface area contributed by atoms with Gasteiger partial charge in [-0.2, -0.15) is 0 Å². The Balaban J connectivity index is 3.24. The number of methoxy groups -OCH3 is 1. The third-order valence-corrected chi connectivity index (χ3v) is 3.72. The molecule has 3 nitrogen and oxygen atoms in total. The van der Waals surface area contributed by atoms with E-state index in [1.54, 1.807) is 13.2 Å². The van der Waals surface area contributed by atoms with Gasteiger partial charge in [-0.1, -0.05) is 26.0 Å². The number of benzene rings is 1. The number of anilines is 1. The second-order valence-electron chi connectivity index (χ2n) is 5.12. The van der Waals surface area contributed by atoms with Crippen LogP contribution in [0.25, 0.3) is 0 Å². The van der Waals surface area contributed by atoms with Crippen LogP contribution in [0.5, 0.6) is 0 Å². The Kier molecular flexibility index (Phi) is 6.96. The van der Waals surface area contributed by atoms with E-state index in [9.17, 15) is 4.39 Å². The fourth-order valence-electron chi connectivity index (χ4n) is 2.60. The highest BCUT2D eigenvalue weighted by molar-refractivity contribution is 5.57. The first-order valence-corrected chi connectivity index (χ1v) is 7.36. The number of para-hydroxylation sites is 1. The number of ether oxygens (including phenoxy) is 1. The average Bonchev–Trinajstić information content (AvgIpc) is 2.43. The van der Waals surface area contributed by atoms with Crippen molar-refractivity contribution in [3.8, 4) is 0 Å². The lowest BCUT2D eigenvalue weighted by molar-refractivity contribution is 0.202. The fourth-order valence-corrected chi connectivity index (χ4v) is 2.60. The lowest BCUT2D eigenvalue weighted by Gasteiger charge is -2.35. The van der Waals surface area contributed by atoms with Crippen molar-refractivity contribution in [3.05, 3.63) is 29.6 Å². The molecule has 0 heterocycles. The topological polar surface area (TPSA) is 38.5 Å². The number of nitrogens with zero attached hydrogens (tertiary/aromatic N) is 1. The molecule has 0 bridgehead atoms. The molecule has 1 atom stereocenters. The van der Waals surface area contributed by atoms with Crippen LogP contribution in [0.3, 0.4) is 0 Å². The van der Waals surface area contributed by atoms with E-state index in [1.807, 2.05) is 13.0 Å². The van der Waals surface area contributed by atoms with Gasteiger partial charge >= 0.3 is 0 Å². The number of hydrogen-bond acceptors (Lipinski definition) is 3. The normalized spacial score (nSPS) is 12.8. The zero-order valence-corrected chi connectivity index (χ0v) is 13.0. The predicted molar refractivity (Wildman–Crippen MR) is 82.6 cm³/mol. The average molecular weight is 282 g/mol. The summed E-state index contributed by atoms with van der Waals surface area (Å²) in [6, 6.07) is 5.23. The van der Waals surface area contributed by atoms with Crippen LogP contribution in [0, 0.1) is 5.82 Å². The van der Waals surface area contributed by atoms with E-state index in [1.165, 1.54) is 6.07 Å². The maximum Gasteiger partial charge on any atom is 0.146 e. The second kappa shape index (κ2) is 8.22. The summed E-state index contributed by atoms with van der Waals surface area (Å²) < 4.78 is 19.6. The third-order valence-electron chi connectivity index (χ3n) is 3.72. The first-order chi connectivity index (χ1) is 9.56. The Morgan fingerprint density at radius 1 is 1.30 bits per heavy atom. The number of halogens is 1. The molecule has 0 amide bonds. The zero-order valence-electron chi connectivity index (χ0n) is 13.0. The molecule has 20 heavy (non-hydrogen) atoms. The van der Waals surface area contributed by atoms with E-state index >= 15 is 0 Å². The Labute approximate surface area is 121 Å². The van der Waals surface area contributed by atoms with E-state index in [2.05, 4.69) is 18.7 Å². The minimum Gasteiger partial charge on any atom is -0.383 e. The van der Waals surface area contributed by atoms with Gasteiger partial charge in [-0.25, -0.2) is 4.39 Å². The smallest absolute Gasteiger partial charge is 0.146 e.